The SMILES string of the molecule is CCOc1cc(-c2nc(Br)c(C(F)(F)F)[nH]2)c(F)cc1F. The Morgan fingerprint density at radius 3 is 2.43 bits per heavy atom. The Bertz CT molecular complexity index is 668. The summed E-state index contributed by atoms with van der Waals surface area (Å²) in [4.78, 5) is 5.53. The molecule has 114 valence electrons. The summed E-state index contributed by atoms with van der Waals surface area (Å²) in [6, 6.07) is 1.49. The van der Waals surface area contributed by atoms with Gasteiger partial charge in [-0.25, -0.2) is 13.8 Å². The first-order valence-corrected chi connectivity index (χ1v) is 6.48. The van der Waals surface area contributed by atoms with E-state index in [2.05, 4.69) is 20.9 Å². The average molecular weight is 371 g/mol. The van der Waals surface area contributed by atoms with Crippen molar-refractivity contribution >= 4 is 15.9 Å². The van der Waals surface area contributed by atoms with Crippen molar-refractivity contribution in [3.05, 3.63) is 34.1 Å². The van der Waals surface area contributed by atoms with Crippen molar-refractivity contribution in [3.8, 4) is 17.1 Å². The van der Waals surface area contributed by atoms with Gasteiger partial charge in [0, 0.05) is 6.07 Å². The lowest BCUT2D eigenvalue weighted by atomic mass is 10.2. The van der Waals surface area contributed by atoms with E-state index in [0.717, 1.165) is 6.07 Å². The Hall–Kier alpha value is -1.64. The molecule has 0 saturated carbocycles. The third kappa shape index (κ3) is 3.17. The first-order valence-electron chi connectivity index (χ1n) is 5.69. The molecule has 0 aliphatic carbocycles. The van der Waals surface area contributed by atoms with Crippen LogP contribution in [0.1, 0.15) is 12.6 Å². The van der Waals surface area contributed by atoms with Crippen LogP contribution < -0.4 is 4.74 Å². The molecule has 0 aliphatic heterocycles. The second kappa shape index (κ2) is 5.63. The topological polar surface area (TPSA) is 37.9 Å². The van der Waals surface area contributed by atoms with Gasteiger partial charge in [0.05, 0.1) is 12.2 Å². The lowest BCUT2D eigenvalue weighted by molar-refractivity contribution is -0.141. The Labute approximate surface area is 124 Å². The number of halogens is 6. The van der Waals surface area contributed by atoms with E-state index in [1.807, 2.05) is 4.98 Å². The number of aromatic amines is 1. The van der Waals surface area contributed by atoms with Crippen LogP contribution >= 0.6 is 15.9 Å². The van der Waals surface area contributed by atoms with Crippen LogP contribution in [0.5, 0.6) is 5.75 Å². The number of alkyl halides is 3. The molecule has 0 fully saturated rings. The number of hydrogen-bond acceptors (Lipinski definition) is 2. The Morgan fingerprint density at radius 1 is 1.24 bits per heavy atom. The third-order valence-corrected chi connectivity index (χ3v) is 3.09. The normalized spacial score (nSPS) is 11.8. The fourth-order valence-corrected chi connectivity index (χ4v) is 2.15. The Morgan fingerprint density at radius 2 is 1.90 bits per heavy atom. The lowest BCUT2D eigenvalue weighted by Crippen LogP contribution is -2.06. The fraction of sp³-hybridized carbons (Fsp3) is 0.250. The number of aromatic nitrogens is 2. The van der Waals surface area contributed by atoms with Crippen LogP contribution in [0.15, 0.2) is 16.7 Å². The van der Waals surface area contributed by atoms with Gasteiger partial charge in [0.15, 0.2) is 17.3 Å². The van der Waals surface area contributed by atoms with Gasteiger partial charge in [-0.3, -0.25) is 0 Å². The van der Waals surface area contributed by atoms with Crippen LogP contribution in [0, 0.1) is 11.6 Å². The molecule has 0 unspecified atom stereocenters. The van der Waals surface area contributed by atoms with Gasteiger partial charge >= 0.3 is 6.18 Å². The summed E-state index contributed by atoms with van der Waals surface area (Å²) < 4.78 is 69.6. The lowest BCUT2D eigenvalue weighted by Gasteiger charge is -2.07. The predicted molar refractivity (Wildman–Crippen MR) is 67.8 cm³/mol. The standard InChI is InChI=1S/C12H8BrF5N2O/c1-2-21-8-3-5(6(14)4-7(8)15)11-19-9(10(13)20-11)12(16,17)18/h3-4H,2H2,1H3,(H,19,20). The second-order valence-electron chi connectivity index (χ2n) is 3.94. The molecule has 2 rings (SSSR count). The average Bonchev–Trinajstić information content (AvgIpc) is 2.74. The van der Waals surface area contributed by atoms with Crippen molar-refractivity contribution in [1.82, 2.24) is 9.97 Å². The van der Waals surface area contributed by atoms with Crippen LogP contribution in [-0.4, -0.2) is 16.6 Å². The molecule has 0 amide bonds. The number of nitrogens with one attached hydrogen (secondary N) is 1. The minimum absolute atomic E-state index is 0.123. The number of benzene rings is 1. The summed E-state index contributed by atoms with van der Waals surface area (Å²) >= 11 is 2.65. The van der Waals surface area contributed by atoms with Crippen molar-refractivity contribution < 1.29 is 26.7 Å². The molecule has 1 heterocycles. The van der Waals surface area contributed by atoms with Gasteiger partial charge in [-0.15, -0.1) is 0 Å². The number of hydrogen-bond donors (Lipinski definition) is 1. The van der Waals surface area contributed by atoms with Crippen molar-refractivity contribution in [3.63, 3.8) is 0 Å². The van der Waals surface area contributed by atoms with E-state index in [-0.39, 0.29) is 23.7 Å². The van der Waals surface area contributed by atoms with Crippen molar-refractivity contribution in [2.45, 2.75) is 13.1 Å². The van der Waals surface area contributed by atoms with E-state index in [9.17, 15) is 22.0 Å². The Kier molecular flexibility index (Phi) is 4.22. The van der Waals surface area contributed by atoms with Crippen LogP contribution in [0.2, 0.25) is 0 Å². The molecular weight excluding hydrogens is 363 g/mol. The van der Waals surface area contributed by atoms with E-state index < -0.39 is 28.1 Å². The van der Waals surface area contributed by atoms with E-state index in [4.69, 9.17) is 4.74 Å². The van der Waals surface area contributed by atoms with Crippen molar-refractivity contribution in [2.75, 3.05) is 6.61 Å². The summed E-state index contributed by atoms with van der Waals surface area (Å²) in [6.07, 6.45) is -4.68. The van der Waals surface area contributed by atoms with Gasteiger partial charge in [0.2, 0.25) is 0 Å². The van der Waals surface area contributed by atoms with Gasteiger partial charge in [0.1, 0.15) is 16.2 Å². The van der Waals surface area contributed by atoms with Gasteiger partial charge in [-0.05, 0) is 28.9 Å². The summed E-state index contributed by atoms with van der Waals surface area (Å²) in [6.45, 7) is 1.71. The molecule has 1 aromatic heterocycles. The molecule has 0 spiro atoms. The zero-order chi connectivity index (χ0) is 15.8. The number of H-pyrrole nitrogens is 1. The zero-order valence-corrected chi connectivity index (χ0v) is 12.1. The summed E-state index contributed by atoms with van der Waals surface area (Å²) in [7, 11) is 0. The molecule has 3 nitrogen and oxygen atoms in total. The van der Waals surface area contributed by atoms with Crippen LogP contribution in [-0.2, 0) is 6.18 Å². The highest BCUT2D eigenvalue weighted by molar-refractivity contribution is 9.10. The third-order valence-electron chi connectivity index (χ3n) is 2.52. The van der Waals surface area contributed by atoms with Gasteiger partial charge in [-0.2, -0.15) is 13.2 Å². The molecule has 21 heavy (non-hydrogen) atoms. The maximum Gasteiger partial charge on any atom is 0.433 e. The number of nitrogens with zero attached hydrogens (tertiary/aromatic N) is 1. The molecule has 0 aliphatic rings. The molecule has 0 saturated heterocycles. The molecule has 9 heteroatoms. The monoisotopic (exact) mass is 370 g/mol. The predicted octanol–water partition coefficient (Wildman–Crippen LogP) is 4.53. The smallest absolute Gasteiger partial charge is 0.433 e. The van der Waals surface area contributed by atoms with Crippen molar-refractivity contribution in [2.24, 2.45) is 0 Å². The summed E-state index contributed by atoms with van der Waals surface area (Å²) in [5.74, 6) is -2.65. The van der Waals surface area contributed by atoms with E-state index in [1.54, 1.807) is 6.92 Å². The summed E-state index contributed by atoms with van der Waals surface area (Å²) in [5.41, 5.74) is -1.48. The van der Waals surface area contributed by atoms with E-state index in [1.165, 1.54) is 0 Å². The van der Waals surface area contributed by atoms with Crippen LogP contribution in [0.25, 0.3) is 11.4 Å². The van der Waals surface area contributed by atoms with Gasteiger partial charge in [0.25, 0.3) is 0 Å². The minimum atomic E-state index is -4.68. The highest BCUT2D eigenvalue weighted by Gasteiger charge is 2.36. The second-order valence-corrected chi connectivity index (χ2v) is 4.70. The Balaban J connectivity index is 2.54. The molecule has 2 aromatic rings. The first-order chi connectivity index (χ1) is 9.74. The van der Waals surface area contributed by atoms with Gasteiger partial charge in [-0.1, -0.05) is 0 Å². The van der Waals surface area contributed by atoms with Crippen molar-refractivity contribution in [1.29, 1.82) is 0 Å². The highest BCUT2D eigenvalue weighted by Crippen LogP contribution is 2.36. The minimum Gasteiger partial charge on any atom is -0.491 e. The highest BCUT2D eigenvalue weighted by atomic mass is 79.9. The molecular formula is C12H8BrF5N2O. The number of rotatable bonds is 3. The fourth-order valence-electron chi connectivity index (χ4n) is 1.64. The molecule has 1 aromatic carbocycles. The molecule has 0 atom stereocenters. The van der Waals surface area contributed by atoms with Crippen LogP contribution in [0.4, 0.5) is 22.0 Å². The number of ether oxygens (including phenoxy) is 1. The molecule has 1 N–H and O–H groups in total. The quantitative estimate of drug-likeness (QED) is 0.805. The summed E-state index contributed by atoms with van der Waals surface area (Å²) in [5, 5.41) is 0. The van der Waals surface area contributed by atoms with Crippen LogP contribution in [0.3, 0.4) is 0 Å². The maximum absolute atomic E-state index is 13.7. The van der Waals surface area contributed by atoms with E-state index in [0.29, 0.717) is 6.07 Å². The largest absolute Gasteiger partial charge is 0.491 e. The first kappa shape index (κ1) is 15.7. The van der Waals surface area contributed by atoms with Gasteiger partial charge < -0.3 is 9.72 Å². The number of imidazole rings is 1. The van der Waals surface area contributed by atoms with E-state index >= 15 is 0 Å². The maximum atomic E-state index is 13.7. The molecule has 0 bridgehead atoms. The molecule has 0 radical (unpaired) electrons. The zero-order valence-electron chi connectivity index (χ0n) is 10.5.